The molecule has 0 saturated heterocycles. The summed E-state index contributed by atoms with van der Waals surface area (Å²) in [6.07, 6.45) is 1.28. The molecule has 0 atom stereocenters. The first-order valence-electron chi connectivity index (χ1n) is 5.68. The number of carbonyl (C=O) groups is 1. The van der Waals surface area contributed by atoms with Gasteiger partial charge < -0.3 is 9.47 Å². The Morgan fingerprint density at radius 2 is 2.10 bits per heavy atom. The van der Waals surface area contributed by atoms with Crippen LogP contribution < -0.4 is 4.74 Å². The van der Waals surface area contributed by atoms with Gasteiger partial charge in [0.2, 0.25) is 0 Å². The highest BCUT2D eigenvalue weighted by Crippen LogP contribution is 2.31. The SMILES string of the molecule is COC(=O)c1c(F)cccc1Oc1ncccc1[N+](=O)[O-]. The Balaban J connectivity index is 2.48. The van der Waals surface area contributed by atoms with E-state index in [4.69, 9.17) is 4.74 Å². The van der Waals surface area contributed by atoms with Crippen LogP contribution in [-0.4, -0.2) is 23.0 Å². The Bertz CT molecular complexity index is 705. The maximum Gasteiger partial charge on any atom is 0.344 e. The molecule has 108 valence electrons. The van der Waals surface area contributed by atoms with Gasteiger partial charge >= 0.3 is 11.7 Å². The second kappa shape index (κ2) is 5.95. The van der Waals surface area contributed by atoms with Crippen LogP contribution >= 0.6 is 0 Å². The summed E-state index contributed by atoms with van der Waals surface area (Å²) in [5.41, 5.74) is -0.863. The molecule has 0 N–H and O–H groups in total. The monoisotopic (exact) mass is 292 g/mol. The molecule has 2 aromatic rings. The fourth-order valence-electron chi connectivity index (χ4n) is 1.59. The first-order valence-corrected chi connectivity index (χ1v) is 5.68. The largest absolute Gasteiger partial charge is 0.465 e. The standard InChI is InChI=1S/C13H9FN2O5/c1-20-13(17)11-8(14)4-2-6-10(11)21-12-9(16(18)19)5-3-7-15-12/h2-7H,1H3. The molecule has 1 aromatic heterocycles. The van der Waals surface area contributed by atoms with Gasteiger partial charge in [0.1, 0.15) is 17.1 Å². The fourth-order valence-corrected chi connectivity index (χ4v) is 1.59. The Morgan fingerprint density at radius 1 is 1.33 bits per heavy atom. The van der Waals surface area contributed by atoms with Gasteiger partial charge in [0.05, 0.1) is 12.0 Å². The van der Waals surface area contributed by atoms with E-state index in [0.29, 0.717) is 0 Å². The molecule has 0 aliphatic carbocycles. The summed E-state index contributed by atoms with van der Waals surface area (Å²) in [5.74, 6) is -2.39. The summed E-state index contributed by atoms with van der Waals surface area (Å²) < 4.78 is 23.4. The summed E-state index contributed by atoms with van der Waals surface area (Å²) in [6, 6.07) is 6.17. The Kier molecular flexibility index (Phi) is 4.07. The van der Waals surface area contributed by atoms with Gasteiger partial charge in [-0.05, 0) is 18.2 Å². The number of methoxy groups -OCH3 is 1. The lowest BCUT2D eigenvalue weighted by Crippen LogP contribution is -2.07. The number of benzene rings is 1. The van der Waals surface area contributed by atoms with Gasteiger partial charge in [-0.1, -0.05) is 6.07 Å². The predicted octanol–water partition coefficient (Wildman–Crippen LogP) is 2.71. The topological polar surface area (TPSA) is 91.6 Å². The van der Waals surface area contributed by atoms with Gasteiger partial charge in [-0.2, -0.15) is 0 Å². The van der Waals surface area contributed by atoms with E-state index in [-0.39, 0.29) is 11.6 Å². The minimum Gasteiger partial charge on any atom is -0.465 e. The lowest BCUT2D eigenvalue weighted by atomic mass is 10.2. The Morgan fingerprint density at radius 3 is 2.76 bits per heavy atom. The number of rotatable bonds is 4. The molecule has 0 amide bonds. The van der Waals surface area contributed by atoms with Crippen LogP contribution in [0.15, 0.2) is 36.5 Å². The molecule has 0 spiro atoms. The van der Waals surface area contributed by atoms with Gasteiger partial charge in [0.25, 0.3) is 5.88 Å². The van der Waals surface area contributed by atoms with Crippen molar-refractivity contribution < 1.29 is 23.6 Å². The van der Waals surface area contributed by atoms with Crippen LogP contribution in [-0.2, 0) is 4.74 Å². The molecule has 0 radical (unpaired) electrons. The van der Waals surface area contributed by atoms with Crippen molar-refractivity contribution in [2.45, 2.75) is 0 Å². The van der Waals surface area contributed by atoms with Crippen LogP contribution in [0.3, 0.4) is 0 Å². The first kappa shape index (κ1) is 14.4. The van der Waals surface area contributed by atoms with Gasteiger partial charge in [0, 0.05) is 12.3 Å². The molecule has 7 nitrogen and oxygen atoms in total. The minimum atomic E-state index is -0.957. The lowest BCUT2D eigenvalue weighted by molar-refractivity contribution is -0.386. The van der Waals surface area contributed by atoms with E-state index in [9.17, 15) is 19.3 Å². The fraction of sp³-hybridized carbons (Fsp3) is 0.0769. The first-order chi connectivity index (χ1) is 10.0. The average molecular weight is 292 g/mol. The highest BCUT2D eigenvalue weighted by molar-refractivity contribution is 5.92. The van der Waals surface area contributed by atoms with Gasteiger partial charge in [-0.15, -0.1) is 0 Å². The number of nitrogens with zero attached hydrogens (tertiary/aromatic N) is 2. The molecular weight excluding hydrogens is 283 g/mol. The predicted molar refractivity (Wildman–Crippen MR) is 68.7 cm³/mol. The van der Waals surface area contributed by atoms with Crippen LogP contribution in [0.4, 0.5) is 10.1 Å². The second-order valence-electron chi connectivity index (χ2n) is 3.79. The molecule has 21 heavy (non-hydrogen) atoms. The second-order valence-corrected chi connectivity index (χ2v) is 3.79. The molecule has 8 heteroatoms. The van der Waals surface area contributed by atoms with Crippen molar-refractivity contribution in [3.8, 4) is 11.6 Å². The van der Waals surface area contributed by atoms with E-state index in [0.717, 1.165) is 13.2 Å². The average Bonchev–Trinajstić information content (AvgIpc) is 2.47. The van der Waals surface area contributed by atoms with E-state index in [2.05, 4.69) is 9.72 Å². The third-order valence-electron chi connectivity index (χ3n) is 2.52. The quantitative estimate of drug-likeness (QED) is 0.488. The summed E-state index contributed by atoms with van der Waals surface area (Å²) in [5, 5.41) is 10.9. The van der Waals surface area contributed by atoms with Crippen molar-refractivity contribution >= 4 is 11.7 Å². The lowest BCUT2D eigenvalue weighted by Gasteiger charge is -2.09. The Labute approximate surface area is 118 Å². The number of hydrogen-bond donors (Lipinski definition) is 0. The zero-order valence-corrected chi connectivity index (χ0v) is 10.8. The van der Waals surface area contributed by atoms with E-state index in [1.807, 2.05) is 0 Å². The van der Waals surface area contributed by atoms with Gasteiger partial charge in [-0.3, -0.25) is 10.1 Å². The highest BCUT2D eigenvalue weighted by atomic mass is 19.1. The minimum absolute atomic E-state index is 0.219. The number of carbonyl (C=O) groups excluding carboxylic acids is 1. The van der Waals surface area contributed by atoms with Crippen LogP contribution in [0.1, 0.15) is 10.4 Å². The molecule has 1 heterocycles. The molecule has 0 saturated carbocycles. The maximum atomic E-state index is 13.7. The summed E-state index contributed by atoms with van der Waals surface area (Å²) in [7, 11) is 1.09. The summed E-state index contributed by atoms with van der Waals surface area (Å²) >= 11 is 0. The molecule has 0 bridgehead atoms. The number of halogens is 1. The molecule has 1 aromatic carbocycles. The smallest absolute Gasteiger partial charge is 0.344 e. The van der Waals surface area contributed by atoms with Crippen LogP contribution in [0, 0.1) is 15.9 Å². The van der Waals surface area contributed by atoms with Crippen molar-refractivity contribution in [2.75, 3.05) is 7.11 Å². The molecular formula is C13H9FN2O5. The number of ether oxygens (including phenoxy) is 2. The number of esters is 1. The normalized spacial score (nSPS) is 10.0. The van der Waals surface area contributed by atoms with E-state index in [1.54, 1.807) is 0 Å². The number of aromatic nitrogens is 1. The molecule has 0 unspecified atom stereocenters. The zero-order valence-electron chi connectivity index (χ0n) is 10.8. The number of pyridine rings is 1. The van der Waals surface area contributed by atoms with E-state index < -0.39 is 28.0 Å². The summed E-state index contributed by atoms with van der Waals surface area (Å²) in [4.78, 5) is 25.5. The highest BCUT2D eigenvalue weighted by Gasteiger charge is 2.22. The number of nitro groups is 1. The summed E-state index contributed by atoms with van der Waals surface area (Å²) in [6.45, 7) is 0. The number of hydrogen-bond acceptors (Lipinski definition) is 6. The van der Waals surface area contributed by atoms with Crippen molar-refractivity contribution in [1.82, 2.24) is 4.98 Å². The van der Waals surface area contributed by atoms with Crippen molar-refractivity contribution in [2.24, 2.45) is 0 Å². The van der Waals surface area contributed by atoms with Crippen molar-refractivity contribution in [3.63, 3.8) is 0 Å². The molecule has 0 aliphatic rings. The van der Waals surface area contributed by atoms with Crippen molar-refractivity contribution in [3.05, 3.63) is 58.0 Å². The van der Waals surface area contributed by atoms with Crippen LogP contribution in [0.25, 0.3) is 0 Å². The van der Waals surface area contributed by atoms with Gasteiger partial charge in [0.15, 0.2) is 0 Å². The van der Waals surface area contributed by atoms with Crippen LogP contribution in [0.2, 0.25) is 0 Å². The maximum absolute atomic E-state index is 13.7. The third-order valence-corrected chi connectivity index (χ3v) is 2.52. The Hall–Kier alpha value is -3.03. The zero-order chi connectivity index (χ0) is 15.4. The van der Waals surface area contributed by atoms with Gasteiger partial charge in [-0.25, -0.2) is 14.2 Å². The van der Waals surface area contributed by atoms with E-state index in [1.165, 1.54) is 30.5 Å². The third kappa shape index (κ3) is 2.94. The van der Waals surface area contributed by atoms with Crippen molar-refractivity contribution in [1.29, 1.82) is 0 Å². The molecule has 0 fully saturated rings. The molecule has 0 aliphatic heterocycles. The van der Waals surface area contributed by atoms with Crippen LogP contribution in [0.5, 0.6) is 11.6 Å². The molecule has 2 rings (SSSR count). The van der Waals surface area contributed by atoms with E-state index >= 15 is 0 Å².